The third-order valence-electron chi connectivity index (χ3n) is 3.88. The second-order valence-electron chi connectivity index (χ2n) is 4.85. The van der Waals surface area contributed by atoms with E-state index in [0.29, 0.717) is 0 Å². The van der Waals surface area contributed by atoms with E-state index in [1.54, 1.807) is 0 Å². The van der Waals surface area contributed by atoms with Gasteiger partial charge in [0.2, 0.25) is 5.91 Å². The molecule has 17 heavy (non-hydrogen) atoms. The Bertz CT molecular complexity index is 407. The Morgan fingerprint density at radius 1 is 1.24 bits per heavy atom. The van der Waals surface area contributed by atoms with E-state index in [1.165, 1.54) is 5.56 Å². The Hall–Kier alpha value is -1.51. The van der Waals surface area contributed by atoms with Gasteiger partial charge in [0, 0.05) is 0 Å². The van der Waals surface area contributed by atoms with E-state index in [4.69, 9.17) is 0 Å². The Morgan fingerprint density at radius 3 is 2.29 bits per heavy atom. The number of nitrogens with one attached hydrogen (secondary N) is 1. The number of carbonyl (C=O) groups is 1. The molecule has 0 aromatic heterocycles. The predicted molar refractivity (Wildman–Crippen MR) is 69.7 cm³/mol. The monoisotopic (exact) mass is 232 g/mol. The van der Waals surface area contributed by atoms with Crippen molar-refractivity contribution in [1.29, 1.82) is 0 Å². The zero-order valence-corrected chi connectivity index (χ0v) is 10.8. The highest BCUT2D eigenvalue weighted by Gasteiger charge is 2.43. The van der Waals surface area contributed by atoms with Gasteiger partial charge in [0.25, 0.3) is 0 Å². The van der Waals surface area contributed by atoms with Crippen LogP contribution in [0.5, 0.6) is 0 Å². The lowest BCUT2D eigenvalue weighted by Gasteiger charge is -2.22. The summed E-state index contributed by atoms with van der Waals surface area (Å²) in [6.07, 6.45) is 1.77. The maximum Gasteiger partial charge on any atom is 0.246 e. The Labute approximate surface area is 103 Å². The summed E-state index contributed by atoms with van der Waals surface area (Å²) < 4.78 is 0. The molecule has 1 aromatic rings. The molecule has 1 heterocycles. The summed E-state index contributed by atoms with van der Waals surface area (Å²) in [5.41, 5.74) is 5.06. The van der Waals surface area contributed by atoms with Crippen LogP contribution in [-0.2, 0) is 4.79 Å². The number of amides is 1. The summed E-state index contributed by atoms with van der Waals surface area (Å²) in [7, 11) is 0. The van der Waals surface area contributed by atoms with Gasteiger partial charge in [-0.25, -0.2) is 0 Å². The van der Waals surface area contributed by atoms with Crippen LogP contribution < -0.4 is 10.4 Å². The molecule has 1 amide bonds. The van der Waals surface area contributed by atoms with E-state index in [2.05, 4.69) is 50.5 Å². The first-order valence-corrected chi connectivity index (χ1v) is 6.26. The van der Waals surface area contributed by atoms with Crippen LogP contribution >= 0.6 is 0 Å². The Kier molecular flexibility index (Phi) is 3.09. The van der Waals surface area contributed by atoms with E-state index >= 15 is 0 Å². The molecule has 0 unspecified atom stereocenters. The summed E-state index contributed by atoms with van der Waals surface area (Å²) >= 11 is 0. The highest BCUT2D eigenvalue weighted by atomic mass is 16.2. The van der Waals surface area contributed by atoms with Crippen molar-refractivity contribution < 1.29 is 4.79 Å². The molecule has 1 aliphatic heterocycles. The van der Waals surface area contributed by atoms with Crippen molar-refractivity contribution in [2.45, 2.75) is 33.6 Å². The number of benzene rings is 1. The normalized spacial score (nSPS) is 18.3. The summed E-state index contributed by atoms with van der Waals surface area (Å²) in [6.45, 7) is 7.00. The van der Waals surface area contributed by atoms with Gasteiger partial charge in [-0.15, -0.1) is 0 Å². The second kappa shape index (κ2) is 4.40. The fourth-order valence-corrected chi connectivity index (χ4v) is 2.33. The number of hydrazine groups is 1. The van der Waals surface area contributed by atoms with Crippen molar-refractivity contribution in [3.63, 3.8) is 0 Å². The first-order valence-electron chi connectivity index (χ1n) is 6.26. The van der Waals surface area contributed by atoms with Crippen LogP contribution in [0.15, 0.2) is 24.3 Å². The molecule has 0 bridgehead atoms. The minimum atomic E-state index is -0.217. The van der Waals surface area contributed by atoms with Gasteiger partial charge in [-0.05, 0) is 31.9 Å². The maximum atomic E-state index is 12.1. The molecule has 0 saturated carbocycles. The van der Waals surface area contributed by atoms with Crippen molar-refractivity contribution in [1.82, 2.24) is 5.43 Å². The van der Waals surface area contributed by atoms with Gasteiger partial charge in [-0.2, -0.15) is 0 Å². The van der Waals surface area contributed by atoms with Gasteiger partial charge >= 0.3 is 0 Å². The lowest BCUT2D eigenvalue weighted by molar-refractivity contribution is -0.127. The van der Waals surface area contributed by atoms with Crippen LogP contribution in [0.1, 0.15) is 32.3 Å². The van der Waals surface area contributed by atoms with E-state index in [9.17, 15) is 4.79 Å². The largest absolute Gasteiger partial charge is 0.284 e. The molecule has 0 atom stereocenters. The lowest BCUT2D eigenvalue weighted by Crippen LogP contribution is -2.33. The number of rotatable bonds is 3. The van der Waals surface area contributed by atoms with Crippen LogP contribution in [0.4, 0.5) is 5.69 Å². The van der Waals surface area contributed by atoms with Crippen LogP contribution in [0.2, 0.25) is 0 Å². The number of aryl methyl sites for hydroxylation is 1. The summed E-state index contributed by atoms with van der Waals surface area (Å²) in [5.74, 6) is 0.156. The third kappa shape index (κ3) is 2.02. The number of hydrogen-bond acceptors (Lipinski definition) is 2. The molecule has 0 spiro atoms. The van der Waals surface area contributed by atoms with Crippen molar-refractivity contribution in [3.8, 4) is 0 Å². The van der Waals surface area contributed by atoms with Crippen LogP contribution in [0.25, 0.3) is 0 Å². The number of nitrogens with zero attached hydrogens (tertiary/aromatic N) is 1. The number of hydrogen-bond donors (Lipinski definition) is 1. The predicted octanol–water partition coefficient (Wildman–Crippen LogP) is 2.65. The molecule has 1 N–H and O–H groups in total. The van der Waals surface area contributed by atoms with E-state index in [-0.39, 0.29) is 11.3 Å². The zero-order chi connectivity index (χ0) is 12.5. The van der Waals surface area contributed by atoms with Crippen molar-refractivity contribution in [3.05, 3.63) is 29.8 Å². The van der Waals surface area contributed by atoms with E-state index in [0.717, 1.165) is 25.1 Å². The molecule has 3 heteroatoms. The maximum absolute atomic E-state index is 12.1. The number of carbonyl (C=O) groups excluding carboxylic acids is 1. The fourth-order valence-electron chi connectivity index (χ4n) is 2.33. The van der Waals surface area contributed by atoms with Gasteiger partial charge in [0.15, 0.2) is 0 Å². The van der Waals surface area contributed by atoms with Crippen LogP contribution in [0.3, 0.4) is 0 Å². The van der Waals surface area contributed by atoms with Gasteiger partial charge in [-0.3, -0.25) is 15.2 Å². The summed E-state index contributed by atoms with van der Waals surface area (Å²) in [6, 6.07) is 8.24. The van der Waals surface area contributed by atoms with Gasteiger partial charge in [0.1, 0.15) is 0 Å². The number of anilines is 1. The minimum Gasteiger partial charge on any atom is -0.284 e. The van der Waals surface area contributed by atoms with E-state index < -0.39 is 0 Å². The van der Waals surface area contributed by atoms with Crippen molar-refractivity contribution >= 4 is 11.6 Å². The average molecular weight is 232 g/mol. The van der Waals surface area contributed by atoms with Crippen molar-refractivity contribution in [2.24, 2.45) is 5.41 Å². The van der Waals surface area contributed by atoms with Gasteiger partial charge in [0.05, 0.1) is 17.6 Å². The van der Waals surface area contributed by atoms with Gasteiger partial charge in [-0.1, -0.05) is 31.5 Å². The summed E-state index contributed by atoms with van der Waals surface area (Å²) in [4.78, 5) is 12.1. The molecule has 1 fully saturated rings. The smallest absolute Gasteiger partial charge is 0.246 e. The SMILES string of the molecule is CCC1(CC)CN(c2ccc(C)cc2)NC1=O. The molecule has 1 aromatic carbocycles. The molecule has 0 aliphatic carbocycles. The quantitative estimate of drug-likeness (QED) is 0.869. The third-order valence-corrected chi connectivity index (χ3v) is 3.88. The van der Waals surface area contributed by atoms with Crippen LogP contribution in [-0.4, -0.2) is 12.5 Å². The molecule has 2 rings (SSSR count). The molecule has 3 nitrogen and oxygen atoms in total. The zero-order valence-electron chi connectivity index (χ0n) is 10.8. The topological polar surface area (TPSA) is 32.3 Å². The Morgan fingerprint density at radius 2 is 1.82 bits per heavy atom. The molecular formula is C14H20N2O. The van der Waals surface area contributed by atoms with Gasteiger partial charge < -0.3 is 0 Å². The second-order valence-corrected chi connectivity index (χ2v) is 4.85. The standard InChI is InChI=1S/C14H20N2O/c1-4-14(5-2)10-16(15-13(14)17)12-8-6-11(3)7-9-12/h6-9H,4-5,10H2,1-3H3,(H,15,17). The minimum absolute atomic E-state index is 0.156. The highest BCUT2D eigenvalue weighted by Crippen LogP contribution is 2.33. The average Bonchev–Trinajstić information content (AvgIpc) is 2.68. The first-order chi connectivity index (χ1) is 8.11. The van der Waals surface area contributed by atoms with E-state index in [1.807, 2.05) is 5.01 Å². The van der Waals surface area contributed by atoms with Crippen LogP contribution in [0, 0.1) is 12.3 Å². The molecular weight excluding hydrogens is 212 g/mol. The lowest BCUT2D eigenvalue weighted by atomic mass is 9.82. The highest BCUT2D eigenvalue weighted by molar-refractivity contribution is 5.87. The molecule has 1 saturated heterocycles. The first kappa shape index (κ1) is 12.0. The molecule has 92 valence electrons. The Balaban J connectivity index is 2.21. The van der Waals surface area contributed by atoms with Crippen molar-refractivity contribution in [2.75, 3.05) is 11.6 Å². The summed E-state index contributed by atoms with van der Waals surface area (Å²) in [5, 5.41) is 1.97. The molecule has 0 radical (unpaired) electrons. The fraction of sp³-hybridized carbons (Fsp3) is 0.500. The molecule has 1 aliphatic rings.